The van der Waals surface area contributed by atoms with Gasteiger partial charge in [-0.1, -0.05) is 37.8 Å². The summed E-state index contributed by atoms with van der Waals surface area (Å²) in [7, 11) is 0. The van der Waals surface area contributed by atoms with Crippen LogP contribution < -0.4 is 5.32 Å². The lowest BCUT2D eigenvalue weighted by Crippen LogP contribution is -2.25. The first kappa shape index (κ1) is 14.2. The van der Waals surface area contributed by atoms with Crippen LogP contribution in [0.3, 0.4) is 0 Å². The summed E-state index contributed by atoms with van der Waals surface area (Å²) in [6, 6.07) is 0. The van der Waals surface area contributed by atoms with Crippen LogP contribution in [-0.4, -0.2) is 22.4 Å². The van der Waals surface area contributed by atoms with E-state index in [0.29, 0.717) is 6.54 Å². The average Bonchev–Trinajstić information content (AvgIpc) is 2.28. The van der Waals surface area contributed by atoms with E-state index >= 15 is 0 Å². The van der Waals surface area contributed by atoms with Crippen LogP contribution in [0.25, 0.3) is 0 Å². The molecule has 0 saturated carbocycles. The largest absolute Gasteiger partial charge is 0.352 e. The summed E-state index contributed by atoms with van der Waals surface area (Å²) in [5.74, 6) is -0.261. The number of nitrogens with one attached hydrogen (secondary N) is 1. The first-order valence-corrected chi connectivity index (χ1v) is 6.37. The van der Waals surface area contributed by atoms with Crippen LogP contribution in [-0.2, 0) is 0 Å². The molecule has 1 N–H and O–H groups in total. The molecule has 0 radical (unpaired) electrons. The predicted octanol–water partition coefficient (Wildman–Crippen LogP) is 3.09. The van der Waals surface area contributed by atoms with Gasteiger partial charge < -0.3 is 5.32 Å². The number of nitrogens with zero attached hydrogens (tertiary/aromatic N) is 2. The topological polar surface area (TPSA) is 54.9 Å². The van der Waals surface area contributed by atoms with Crippen LogP contribution in [0.5, 0.6) is 0 Å². The zero-order valence-corrected chi connectivity index (χ0v) is 11.2. The van der Waals surface area contributed by atoms with Crippen molar-refractivity contribution in [2.24, 2.45) is 0 Å². The summed E-state index contributed by atoms with van der Waals surface area (Å²) in [5, 5.41) is 2.89. The van der Waals surface area contributed by atoms with E-state index in [-0.39, 0.29) is 21.9 Å². The molecule has 0 aliphatic rings. The van der Waals surface area contributed by atoms with Gasteiger partial charge in [0.15, 0.2) is 0 Å². The molecule has 1 heterocycles. The van der Waals surface area contributed by atoms with Gasteiger partial charge in [-0.3, -0.25) is 4.79 Å². The zero-order valence-electron chi connectivity index (χ0n) is 9.67. The van der Waals surface area contributed by atoms with E-state index in [4.69, 9.17) is 23.2 Å². The Morgan fingerprint density at radius 3 is 2.76 bits per heavy atom. The van der Waals surface area contributed by atoms with Gasteiger partial charge in [-0.05, 0) is 18.0 Å². The number of unbranched alkanes of at least 4 members (excludes halogenated alkanes) is 3. The molecule has 0 aromatic carbocycles. The Hall–Kier alpha value is -0.870. The molecule has 0 unspecified atom stereocenters. The van der Waals surface area contributed by atoms with Crippen molar-refractivity contribution in [1.29, 1.82) is 0 Å². The summed E-state index contributed by atoms with van der Waals surface area (Å²) in [5.41, 5.74) is 0.256. The third-order valence-electron chi connectivity index (χ3n) is 2.27. The van der Waals surface area contributed by atoms with Gasteiger partial charge in [0.05, 0.1) is 5.56 Å². The molecule has 0 bridgehead atoms. The van der Waals surface area contributed by atoms with E-state index in [0.717, 1.165) is 12.8 Å². The Morgan fingerprint density at radius 2 is 2.12 bits per heavy atom. The van der Waals surface area contributed by atoms with Gasteiger partial charge in [0.2, 0.25) is 5.28 Å². The number of amides is 1. The first-order valence-electron chi connectivity index (χ1n) is 5.61. The second-order valence-electron chi connectivity index (χ2n) is 3.66. The molecule has 0 spiro atoms. The number of carbonyl (C=O) groups excluding carboxylic acids is 1. The maximum absolute atomic E-state index is 11.7. The minimum atomic E-state index is -0.261. The third kappa shape index (κ3) is 4.88. The van der Waals surface area contributed by atoms with Crippen LogP contribution in [0.15, 0.2) is 6.20 Å². The molecule has 4 nitrogen and oxygen atoms in total. The SMILES string of the molecule is CCCCCCNC(=O)c1cnc(Cl)nc1Cl. The van der Waals surface area contributed by atoms with Crippen molar-refractivity contribution < 1.29 is 4.79 Å². The smallest absolute Gasteiger partial charge is 0.255 e. The lowest BCUT2D eigenvalue weighted by atomic mass is 10.2. The maximum atomic E-state index is 11.7. The second-order valence-corrected chi connectivity index (χ2v) is 4.36. The molecule has 1 aromatic heterocycles. The zero-order chi connectivity index (χ0) is 12.7. The van der Waals surface area contributed by atoms with E-state index in [9.17, 15) is 4.79 Å². The van der Waals surface area contributed by atoms with Crippen LogP contribution in [0, 0.1) is 0 Å². The quantitative estimate of drug-likeness (QED) is 0.493. The minimum Gasteiger partial charge on any atom is -0.352 e. The summed E-state index contributed by atoms with van der Waals surface area (Å²) >= 11 is 11.3. The van der Waals surface area contributed by atoms with Crippen molar-refractivity contribution in [3.8, 4) is 0 Å². The lowest BCUT2D eigenvalue weighted by molar-refractivity contribution is 0.0952. The second kappa shape index (κ2) is 7.45. The van der Waals surface area contributed by atoms with Gasteiger partial charge in [0.25, 0.3) is 5.91 Å². The average molecular weight is 276 g/mol. The van der Waals surface area contributed by atoms with Crippen molar-refractivity contribution >= 4 is 29.1 Å². The standard InChI is InChI=1S/C11H15Cl2N3O/c1-2-3-4-5-6-14-10(17)8-7-15-11(13)16-9(8)12/h7H,2-6H2,1H3,(H,14,17). The van der Waals surface area contributed by atoms with Gasteiger partial charge in [-0.2, -0.15) is 0 Å². The molecular formula is C11H15Cl2N3O. The Bertz CT molecular complexity index is 385. The molecule has 0 atom stereocenters. The van der Waals surface area contributed by atoms with Crippen molar-refractivity contribution in [1.82, 2.24) is 15.3 Å². The highest BCUT2D eigenvalue weighted by Crippen LogP contribution is 2.13. The normalized spacial score (nSPS) is 10.3. The number of rotatable bonds is 6. The number of halogens is 2. The van der Waals surface area contributed by atoms with Crippen LogP contribution >= 0.6 is 23.2 Å². The Balaban J connectivity index is 2.42. The lowest BCUT2D eigenvalue weighted by Gasteiger charge is -2.05. The van der Waals surface area contributed by atoms with E-state index in [1.807, 2.05) is 0 Å². The number of hydrogen-bond donors (Lipinski definition) is 1. The van der Waals surface area contributed by atoms with Gasteiger partial charge in [0.1, 0.15) is 5.15 Å². The third-order valence-corrected chi connectivity index (χ3v) is 2.74. The monoisotopic (exact) mass is 275 g/mol. The highest BCUT2D eigenvalue weighted by atomic mass is 35.5. The fraction of sp³-hybridized carbons (Fsp3) is 0.545. The molecule has 6 heteroatoms. The van der Waals surface area contributed by atoms with Crippen LogP contribution in [0.4, 0.5) is 0 Å². The highest BCUT2D eigenvalue weighted by molar-refractivity contribution is 6.34. The summed E-state index contributed by atoms with van der Waals surface area (Å²) in [6.07, 6.45) is 5.76. The van der Waals surface area contributed by atoms with E-state index < -0.39 is 0 Å². The van der Waals surface area contributed by atoms with Crippen molar-refractivity contribution in [3.63, 3.8) is 0 Å². The summed E-state index contributed by atoms with van der Waals surface area (Å²) < 4.78 is 0. The van der Waals surface area contributed by atoms with E-state index in [1.165, 1.54) is 19.0 Å². The Labute approximate surface area is 111 Å². The number of hydrogen-bond acceptors (Lipinski definition) is 3. The Morgan fingerprint density at radius 1 is 1.35 bits per heavy atom. The molecule has 0 aliphatic carbocycles. The first-order chi connectivity index (χ1) is 8.15. The van der Waals surface area contributed by atoms with E-state index in [2.05, 4.69) is 22.2 Å². The fourth-order valence-electron chi connectivity index (χ4n) is 1.34. The summed E-state index contributed by atoms with van der Waals surface area (Å²) in [4.78, 5) is 19.1. The van der Waals surface area contributed by atoms with Crippen molar-refractivity contribution in [2.45, 2.75) is 32.6 Å². The molecule has 94 valence electrons. The summed E-state index contributed by atoms with van der Waals surface area (Å²) in [6.45, 7) is 2.78. The molecule has 0 fully saturated rings. The minimum absolute atomic E-state index is 0.0366. The maximum Gasteiger partial charge on any atom is 0.255 e. The molecule has 17 heavy (non-hydrogen) atoms. The van der Waals surface area contributed by atoms with Crippen molar-refractivity contribution in [2.75, 3.05) is 6.54 Å². The molecule has 0 aliphatic heterocycles. The van der Waals surface area contributed by atoms with Gasteiger partial charge in [-0.25, -0.2) is 9.97 Å². The van der Waals surface area contributed by atoms with Gasteiger partial charge in [0, 0.05) is 12.7 Å². The molecule has 1 rings (SSSR count). The van der Waals surface area contributed by atoms with E-state index in [1.54, 1.807) is 0 Å². The predicted molar refractivity (Wildman–Crippen MR) is 68.5 cm³/mol. The fourth-order valence-corrected chi connectivity index (χ4v) is 1.73. The molecule has 1 amide bonds. The molecule has 0 saturated heterocycles. The molecule has 1 aromatic rings. The van der Waals surface area contributed by atoms with Crippen LogP contribution in [0.1, 0.15) is 43.0 Å². The van der Waals surface area contributed by atoms with Crippen molar-refractivity contribution in [3.05, 3.63) is 22.2 Å². The number of aromatic nitrogens is 2. The van der Waals surface area contributed by atoms with Gasteiger partial charge >= 0.3 is 0 Å². The van der Waals surface area contributed by atoms with Gasteiger partial charge in [-0.15, -0.1) is 0 Å². The molecular weight excluding hydrogens is 261 g/mol. The Kier molecular flexibility index (Phi) is 6.22. The van der Waals surface area contributed by atoms with Crippen LogP contribution in [0.2, 0.25) is 10.4 Å². The highest BCUT2D eigenvalue weighted by Gasteiger charge is 2.11. The number of carbonyl (C=O) groups is 1.